The van der Waals surface area contributed by atoms with E-state index in [0.717, 1.165) is 21.9 Å². The highest BCUT2D eigenvalue weighted by Crippen LogP contribution is 2.27. The number of carbonyl (C=O) groups is 2. The lowest BCUT2D eigenvalue weighted by molar-refractivity contribution is -0.154. The third kappa shape index (κ3) is 3.43. The predicted molar refractivity (Wildman–Crippen MR) is 106 cm³/mol. The Morgan fingerprint density at radius 2 is 1.68 bits per heavy atom. The lowest BCUT2D eigenvalue weighted by Crippen LogP contribution is -2.50. The Labute approximate surface area is 163 Å². The highest BCUT2D eigenvalue weighted by molar-refractivity contribution is 5.89. The number of esters is 1. The number of ether oxygens (including phenoxy) is 2. The molecule has 142 valence electrons. The normalized spacial score (nSPS) is 15.8. The SMILES string of the molecule is COC(=O)[C@@H]1Cc2ccccc2CN1C(=O)COc1cccc2ccccc12. The zero-order chi connectivity index (χ0) is 19.5. The molecular weight excluding hydrogens is 354 g/mol. The number of benzene rings is 3. The molecule has 1 aliphatic heterocycles. The first-order valence-corrected chi connectivity index (χ1v) is 9.22. The fraction of sp³-hybridized carbons (Fsp3) is 0.217. The second kappa shape index (κ2) is 7.72. The van der Waals surface area contributed by atoms with Gasteiger partial charge in [-0.05, 0) is 22.6 Å². The Balaban J connectivity index is 1.55. The van der Waals surface area contributed by atoms with Crippen LogP contribution in [0, 0.1) is 0 Å². The molecule has 1 aliphatic rings. The van der Waals surface area contributed by atoms with Crippen LogP contribution in [0.25, 0.3) is 10.8 Å². The second-order valence-electron chi connectivity index (χ2n) is 6.80. The third-order valence-corrected chi connectivity index (χ3v) is 5.14. The van der Waals surface area contributed by atoms with Crippen LogP contribution in [0.5, 0.6) is 5.75 Å². The van der Waals surface area contributed by atoms with Gasteiger partial charge in [0.2, 0.25) is 0 Å². The van der Waals surface area contributed by atoms with Crippen molar-refractivity contribution >= 4 is 22.6 Å². The van der Waals surface area contributed by atoms with E-state index < -0.39 is 12.0 Å². The molecule has 1 heterocycles. The van der Waals surface area contributed by atoms with Gasteiger partial charge in [0.05, 0.1) is 7.11 Å². The fourth-order valence-electron chi connectivity index (χ4n) is 3.68. The topological polar surface area (TPSA) is 55.8 Å². The average Bonchev–Trinajstić information content (AvgIpc) is 2.75. The number of amides is 1. The van der Waals surface area contributed by atoms with E-state index in [1.165, 1.54) is 7.11 Å². The molecule has 28 heavy (non-hydrogen) atoms. The van der Waals surface area contributed by atoms with E-state index in [1.807, 2.05) is 66.7 Å². The molecule has 1 atom stereocenters. The van der Waals surface area contributed by atoms with E-state index in [2.05, 4.69) is 0 Å². The number of hydrogen-bond acceptors (Lipinski definition) is 4. The largest absolute Gasteiger partial charge is 0.483 e. The van der Waals surface area contributed by atoms with Crippen molar-refractivity contribution in [3.05, 3.63) is 77.9 Å². The van der Waals surface area contributed by atoms with E-state index in [-0.39, 0.29) is 12.5 Å². The second-order valence-corrected chi connectivity index (χ2v) is 6.80. The fourth-order valence-corrected chi connectivity index (χ4v) is 3.68. The number of methoxy groups -OCH3 is 1. The van der Waals surface area contributed by atoms with Crippen LogP contribution in [-0.2, 0) is 27.3 Å². The summed E-state index contributed by atoms with van der Waals surface area (Å²) in [5.41, 5.74) is 2.11. The summed E-state index contributed by atoms with van der Waals surface area (Å²) in [6.07, 6.45) is 0.447. The minimum atomic E-state index is -0.636. The van der Waals surface area contributed by atoms with E-state index in [4.69, 9.17) is 9.47 Å². The predicted octanol–water partition coefficient (Wildman–Crippen LogP) is 3.35. The first-order valence-electron chi connectivity index (χ1n) is 9.22. The maximum absolute atomic E-state index is 12.9. The third-order valence-electron chi connectivity index (χ3n) is 5.14. The maximum Gasteiger partial charge on any atom is 0.328 e. The van der Waals surface area contributed by atoms with Crippen molar-refractivity contribution in [2.24, 2.45) is 0 Å². The number of fused-ring (bicyclic) bond motifs is 2. The molecule has 0 saturated heterocycles. The molecule has 0 saturated carbocycles. The summed E-state index contributed by atoms with van der Waals surface area (Å²) in [7, 11) is 1.35. The van der Waals surface area contributed by atoms with Gasteiger partial charge in [-0.3, -0.25) is 4.79 Å². The van der Waals surface area contributed by atoms with Crippen LogP contribution in [0.2, 0.25) is 0 Å². The molecule has 5 nitrogen and oxygen atoms in total. The Bertz CT molecular complexity index is 1020. The van der Waals surface area contributed by atoms with E-state index >= 15 is 0 Å². The quantitative estimate of drug-likeness (QED) is 0.657. The number of nitrogens with zero attached hydrogens (tertiary/aromatic N) is 1. The van der Waals surface area contributed by atoms with E-state index in [9.17, 15) is 9.59 Å². The summed E-state index contributed by atoms with van der Waals surface area (Å²) < 4.78 is 10.8. The van der Waals surface area contributed by atoms with Gasteiger partial charge in [0.15, 0.2) is 6.61 Å². The molecule has 0 aromatic heterocycles. The summed E-state index contributed by atoms with van der Waals surface area (Å²) in [5.74, 6) is 0.00401. The van der Waals surface area contributed by atoms with Gasteiger partial charge in [-0.1, -0.05) is 60.7 Å². The Kier molecular flexibility index (Phi) is 4.98. The summed E-state index contributed by atoms with van der Waals surface area (Å²) >= 11 is 0. The monoisotopic (exact) mass is 375 g/mol. The van der Waals surface area contributed by atoms with E-state index in [0.29, 0.717) is 18.7 Å². The molecule has 0 N–H and O–H groups in total. The van der Waals surface area contributed by atoms with Gasteiger partial charge in [-0.15, -0.1) is 0 Å². The maximum atomic E-state index is 12.9. The highest BCUT2D eigenvalue weighted by atomic mass is 16.5. The van der Waals surface area contributed by atoms with Gasteiger partial charge in [0.25, 0.3) is 5.91 Å². The summed E-state index contributed by atoms with van der Waals surface area (Å²) in [6.45, 7) is 0.233. The number of rotatable bonds is 4. The zero-order valence-electron chi connectivity index (χ0n) is 15.6. The van der Waals surface area contributed by atoms with Crippen molar-refractivity contribution in [1.29, 1.82) is 0 Å². The van der Waals surface area contributed by atoms with Crippen molar-refractivity contribution in [1.82, 2.24) is 4.90 Å². The lowest BCUT2D eigenvalue weighted by atomic mass is 9.94. The summed E-state index contributed by atoms with van der Waals surface area (Å²) in [5, 5.41) is 2.00. The van der Waals surface area contributed by atoms with Crippen LogP contribution >= 0.6 is 0 Å². The van der Waals surface area contributed by atoms with Gasteiger partial charge in [0, 0.05) is 18.4 Å². The molecule has 1 amide bonds. The molecule has 4 rings (SSSR count). The van der Waals surface area contributed by atoms with Gasteiger partial charge < -0.3 is 14.4 Å². The molecule has 0 unspecified atom stereocenters. The molecule has 0 fully saturated rings. The minimum Gasteiger partial charge on any atom is -0.483 e. The Morgan fingerprint density at radius 3 is 2.50 bits per heavy atom. The van der Waals surface area contributed by atoms with Gasteiger partial charge in [-0.25, -0.2) is 4.79 Å². The molecule has 3 aromatic rings. The lowest BCUT2D eigenvalue weighted by Gasteiger charge is -2.35. The number of hydrogen-bond donors (Lipinski definition) is 0. The standard InChI is InChI=1S/C23H21NO4/c1-27-23(26)20-13-17-8-2-3-9-18(17)14-24(20)22(25)15-28-21-12-6-10-16-7-4-5-11-19(16)21/h2-12,20H,13-15H2,1H3/t20-/m0/s1. The van der Waals surface area contributed by atoms with Gasteiger partial charge in [-0.2, -0.15) is 0 Å². The van der Waals surface area contributed by atoms with Crippen LogP contribution in [0.3, 0.4) is 0 Å². The Hall–Kier alpha value is -3.34. The highest BCUT2D eigenvalue weighted by Gasteiger charge is 2.35. The zero-order valence-corrected chi connectivity index (χ0v) is 15.6. The van der Waals surface area contributed by atoms with Crippen molar-refractivity contribution in [3.63, 3.8) is 0 Å². The Morgan fingerprint density at radius 1 is 0.964 bits per heavy atom. The van der Waals surface area contributed by atoms with Crippen LogP contribution in [0.15, 0.2) is 66.7 Å². The molecular formula is C23H21NO4. The molecule has 0 radical (unpaired) electrons. The molecule has 0 spiro atoms. The average molecular weight is 375 g/mol. The smallest absolute Gasteiger partial charge is 0.328 e. The van der Waals surface area contributed by atoms with E-state index in [1.54, 1.807) is 4.90 Å². The molecule has 3 aromatic carbocycles. The molecule has 5 heteroatoms. The van der Waals surface area contributed by atoms with Crippen LogP contribution < -0.4 is 4.74 Å². The van der Waals surface area contributed by atoms with Crippen molar-refractivity contribution in [3.8, 4) is 5.75 Å². The van der Waals surface area contributed by atoms with Crippen molar-refractivity contribution in [2.75, 3.05) is 13.7 Å². The van der Waals surface area contributed by atoms with Gasteiger partial charge >= 0.3 is 5.97 Å². The van der Waals surface area contributed by atoms with Gasteiger partial charge in [0.1, 0.15) is 11.8 Å². The first kappa shape index (κ1) is 18.0. The van der Waals surface area contributed by atoms with Crippen LogP contribution in [0.4, 0.5) is 0 Å². The van der Waals surface area contributed by atoms with Crippen molar-refractivity contribution < 1.29 is 19.1 Å². The minimum absolute atomic E-state index is 0.135. The first-order chi connectivity index (χ1) is 13.7. The summed E-state index contributed by atoms with van der Waals surface area (Å²) in [6, 6.07) is 20.8. The number of carbonyl (C=O) groups excluding carboxylic acids is 2. The molecule has 0 aliphatic carbocycles. The summed E-state index contributed by atoms with van der Waals surface area (Å²) in [4.78, 5) is 26.8. The molecule has 0 bridgehead atoms. The van der Waals surface area contributed by atoms with Crippen LogP contribution in [0.1, 0.15) is 11.1 Å². The van der Waals surface area contributed by atoms with Crippen molar-refractivity contribution in [2.45, 2.75) is 19.0 Å². The van der Waals surface area contributed by atoms with Crippen LogP contribution in [-0.4, -0.2) is 36.5 Å².